The lowest BCUT2D eigenvalue weighted by molar-refractivity contribution is 0.595. The number of fused-ring (bicyclic) bond motifs is 1. The van der Waals surface area contributed by atoms with Crippen LogP contribution >= 0.6 is 0 Å². The van der Waals surface area contributed by atoms with Crippen molar-refractivity contribution >= 4 is 21.4 Å². The average molecular weight is 381 g/mol. The van der Waals surface area contributed by atoms with Gasteiger partial charge in [0.15, 0.2) is 0 Å². The van der Waals surface area contributed by atoms with Gasteiger partial charge in [0.05, 0.1) is 10.6 Å². The van der Waals surface area contributed by atoms with Crippen molar-refractivity contribution in [3.05, 3.63) is 84.4 Å². The van der Waals surface area contributed by atoms with E-state index in [-0.39, 0.29) is 4.90 Å². The molecule has 2 aromatic carbocycles. The summed E-state index contributed by atoms with van der Waals surface area (Å²) in [7, 11) is -3.85. The van der Waals surface area contributed by atoms with Crippen LogP contribution in [-0.2, 0) is 10.0 Å². The number of aromatic nitrogens is 2. The van der Waals surface area contributed by atoms with Gasteiger partial charge in [0, 0.05) is 23.6 Å². The van der Waals surface area contributed by atoms with Crippen molar-refractivity contribution in [3.8, 4) is 11.3 Å². The topological polar surface area (TPSA) is 63.5 Å². The van der Waals surface area contributed by atoms with Gasteiger partial charge in [0.25, 0.3) is 10.0 Å². The summed E-state index contributed by atoms with van der Waals surface area (Å²) >= 11 is 0. The molecule has 0 amide bonds. The van der Waals surface area contributed by atoms with Crippen LogP contribution in [0.25, 0.3) is 16.9 Å². The van der Waals surface area contributed by atoms with Crippen LogP contribution in [0.5, 0.6) is 0 Å². The lowest BCUT2D eigenvalue weighted by Crippen LogP contribution is -2.13. The molecule has 0 aliphatic carbocycles. The molecule has 27 heavy (non-hydrogen) atoms. The Bertz CT molecular complexity index is 1230. The minimum absolute atomic E-state index is 0.123. The molecule has 0 bridgehead atoms. The predicted octanol–water partition coefficient (Wildman–Crippen LogP) is 4.25. The van der Waals surface area contributed by atoms with Gasteiger partial charge in [-0.2, -0.15) is 0 Å². The van der Waals surface area contributed by atoms with Crippen molar-refractivity contribution in [2.24, 2.45) is 0 Å². The summed E-state index contributed by atoms with van der Waals surface area (Å²) < 4.78 is 42.4. The first-order valence-electron chi connectivity index (χ1n) is 8.25. The second kappa shape index (κ2) is 6.51. The number of aryl methyl sites for hydroxylation is 1. The highest BCUT2D eigenvalue weighted by atomic mass is 32.2. The Balaban J connectivity index is 1.61. The molecule has 0 unspecified atom stereocenters. The van der Waals surface area contributed by atoms with Crippen LogP contribution in [0.1, 0.15) is 5.56 Å². The van der Waals surface area contributed by atoms with E-state index < -0.39 is 15.8 Å². The number of nitrogens with one attached hydrogen (secondary N) is 1. The molecule has 4 rings (SSSR count). The molecule has 0 spiro atoms. The molecule has 0 radical (unpaired) electrons. The van der Waals surface area contributed by atoms with E-state index in [4.69, 9.17) is 0 Å². The summed E-state index contributed by atoms with van der Waals surface area (Å²) in [6.07, 6.45) is 3.86. The molecule has 0 aliphatic heterocycles. The number of anilines is 1. The summed E-state index contributed by atoms with van der Waals surface area (Å²) in [5.74, 6) is -0.602. The number of halogens is 1. The van der Waals surface area contributed by atoms with E-state index in [0.717, 1.165) is 28.5 Å². The van der Waals surface area contributed by atoms with E-state index in [0.29, 0.717) is 5.69 Å². The predicted molar refractivity (Wildman–Crippen MR) is 103 cm³/mol. The van der Waals surface area contributed by atoms with Crippen LogP contribution in [0.3, 0.4) is 0 Å². The van der Waals surface area contributed by atoms with Crippen molar-refractivity contribution in [2.75, 3.05) is 4.72 Å². The summed E-state index contributed by atoms with van der Waals surface area (Å²) in [5.41, 5.74) is 4.00. The van der Waals surface area contributed by atoms with Gasteiger partial charge in [-0.3, -0.25) is 4.72 Å². The Morgan fingerprint density at radius 2 is 1.81 bits per heavy atom. The van der Waals surface area contributed by atoms with Gasteiger partial charge in [-0.1, -0.05) is 24.3 Å². The number of hydrogen-bond acceptors (Lipinski definition) is 3. The summed E-state index contributed by atoms with van der Waals surface area (Å²) in [6, 6.07) is 15.7. The van der Waals surface area contributed by atoms with Gasteiger partial charge in [-0.05, 0) is 48.9 Å². The van der Waals surface area contributed by atoms with Crippen molar-refractivity contribution in [2.45, 2.75) is 11.8 Å². The normalized spacial score (nSPS) is 11.6. The van der Waals surface area contributed by atoms with Crippen molar-refractivity contribution in [3.63, 3.8) is 0 Å². The van der Waals surface area contributed by atoms with Crippen molar-refractivity contribution in [1.82, 2.24) is 9.38 Å². The van der Waals surface area contributed by atoms with E-state index >= 15 is 0 Å². The number of benzene rings is 2. The molecular weight excluding hydrogens is 365 g/mol. The number of hydrogen-bond donors (Lipinski definition) is 1. The van der Waals surface area contributed by atoms with Gasteiger partial charge in [0.1, 0.15) is 11.5 Å². The summed E-state index contributed by atoms with van der Waals surface area (Å²) in [6.45, 7) is 2.00. The van der Waals surface area contributed by atoms with Crippen molar-refractivity contribution in [1.29, 1.82) is 0 Å². The van der Waals surface area contributed by atoms with E-state index in [9.17, 15) is 12.8 Å². The van der Waals surface area contributed by atoms with Crippen LogP contribution in [0.2, 0.25) is 0 Å². The monoisotopic (exact) mass is 381 g/mol. The van der Waals surface area contributed by atoms with Crippen LogP contribution in [0.15, 0.2) is 78.0 Å². The molecule has 0 saturated heterocycles. The fourth-order valence-electron chi connectivity index (χ4n) is 2.85. The second-order valence-corrected chi connectivity index (χ2v) is 7.87. The van der Waals surface area contributed by atoms with E-state index in [1.54, 1.807) is 24.3 Å². The lowest BCUT2D eigenvalue weighted by atomic mass is 10.1. The number of rotatable bonds is 4. The van der Waals surface area contributed by atoms with Gasteiger partial charge in [-0.25, -0.2) is 17.8 Å². The third kappa shape index (κ3) is 3.41. The highest BCUT2D eigenvalue weighted by molar-refractivity contribution is 7.92. The molecule has 5 nitrogen and oxygen atoms in total. The molecule has 1 N–H and O–H groups in total. The number of pyridine rings is 1. The second-order valence-electron chi connectivity index (χ2n) is 6.19. The molecular formula is C20H16FN3O2S. The zero-order chi connectivity index (χ0) is 19.0. The largest absolute Gasteiger partial charge is 0.306 e. The fourth-order valence-corrected chi connectivity index (χ4v) is 3.94. The van der Waals surface area contributed by atoms with Crippen LogP contribution in [0, 0.1) is 12.7 Å². The lowest BCUT2D eigenvalue weighted by Gasteiger charge is -2.08. The van der Waals surface area contributed by atoms with E-state index in [1.807, 2.05) is 35.9 Å². The highest BCUT2D eigenvalue weighted by Gasteiger charge is 2.15. The smallest absolute Gasteiger partial charge is 0.261 e. The average Bonchev–Trinajstić information content (AvgIpc) is 3.08. The maximum Gasteiger partial charge on any atom is 0.261 e. The molecule has 2 aromatic heterocycles. The quantitative estimate of drug-likeness (QED) is 0.575. The first-order valence-corrected chi connectivity index (χ1v) is 9.74. The number of nitrogens with zero attached hydrogens (tertiary/aromatic N) is 2. The van der Waals surface area contributed by atoms with Crippen LogP contribution in [-0.4, -0.2) is 17.8 Å². The van der Waals surface area contributed by atoms with Gasteiger partial charge >= 0.3 is 0 Å². The molecule has 0 fully saturated rings. The third-order valence-corrected chi connectivity index (χ3v) is 5.60. The molecule has 2 heterocycles. The maximum atomic E-state index is 13.3. The minimum Gasteiger partial charge on any atom is -0.306 e. The first kappa shape index (κ1) is 17.2. The summed E-state index contributed by atoms with van der Waals surface area (Å²) in [4.78, 5) is 4.50. The Hall–Kier alpha value is -3.19. The highest BCUT2D eigenvalue weighted by Crippen LogP contribution is 2.24. The van der Waals surface area contributed by atoms with Crippen LogP contribution < -0.4 is 4.72 Å². The molecule has 0 atom stereocenters. The van der Waals surface area contributed by atoms with E-state index in [1.165, 1.54) is 18.2 Å². The van der Waals surface area contributed by atoms with Gasteiger partial charge in [-0.15, -0.1) is 0 Å². The minimum atomic E-state index is -3.85. The Kier molecular flexibility index (Phi) is 4.16. The number of sulfonamides is 1. The third-order valence-electron chi connectivity index (χ3n) is 4.22. The molecule has 0 saturated carbocycles. The van der Waals surface area contributed by atoms with Gasteiger partial charge in [0.2, 0.25) is 0 Å². The maximum absolute atomic E-state index is 13.3. The van der Waals surface area contributed by atoms with Gasteiger partial charge < -0.3 is 4.40 Å². The van der Waals surface area contributed by atoms with Crippen molar-refractivity contribution < 1.29 is 12.8 Å². The first-order chi connectivity index (χ1) is 12.9. The standard InChI is InChI=1S/C20H16FN3O2S/c1-14-4-3-11-24-13-19(22-20(14)24)15-7-9-17(10-8-15)23-27(25,26)18-6-2-5-16(21)12-18/h2-13,23H,1H3. The van der Waals surface area contributed by atoms with E-state index in [2.05, 4.69) is 9.71 Å². The molecule has 4 aromatic rings. The zero-order valence-electron chi connectivity index (χ0n) is 14.4. The Morgan fingerprint density at radius 3 is 2.52 bits per heavy atom. The SMILES string of the molecule is Cc1cccn2cc(-c3ccc(NS(=O)(=O)c4cccc(F)c4)cc3)nc12. The fraction of sp³-hybridized carbons (Fsp3) is 0.0500. The number of imidazole rings is 1. The van der Waals surface area contributed by atoms with Crippen LogP contribution in [0.4, 0.5) is 10.1 Å². The summed E-state index contributed by atoms with van der Waals surface area (Å²) in [5, 5.41) is 0. The zero-order valence-corrected chi connectivity index (χ0v) is 15.2. The Labute approximate surface area is 156 Å². The molecule has 136 valence electrons. The molecule has 0 aliphatic rings. The molecule has 7 heteroatoms. The Morgan fingerprint density at radius 1 is 1.04 bits per heavy atom.